The Kier molecular flexibility index (Phi) is 4.72. The molecule has 0 bridgehead atoms. The normalized spacial score (nSPS) is 10.8. The van der Waals surface area contributed by atoms with Crippen LogP contribution in [0, 0.1) is 0 Å². The summed E-state index contributed by atoms with van der Waals surface area (Å²) in [6, 6.07) is 3.39. The average molecular weight is 309 g/mol. The molecule has 0 saturated carbocycles. The van der Waals surface area contributed by atoms with E-state index in [4.69, 9.17) is 26.8 Å². The highest BCUT2D eigenvalue weighted by molar-refractivity contribution is 6.32. The van der Waals surface area contributed by atoms with Crippen LogP contribution in [0.2, 0.25) is 5.02 Å². The Bertz CT molecular complexity index is 670. The topological polar surface area (TPSA) is 100 Å². The molecule has 21 heavy (non-hydrogen) atoms. The Morgan fingerprint density at radius 2 is 2.33 bits per heavy atom. The van der Waals surface area contributed by atoms with Crippen LogP contribution in [0.3, 0.4) is 0 Å². The van der Waals surface area contributed by atoms with Crippen LogP contribution >= 0.6 is 11.6 Å². The third kappa shape index (κ3) is 3.48. The molecule has 0 amide bonds. The van der Waals surface area contributed by atoms with Crippen molar-refractivity contribution in [1.29, 1.82) is 0 Å². The molecule has 0 spiro atoms. The molecule has 0 aliphatic rings. The number of rotatable bonds is 6. The Balaban J connectivity index is 2.29. The van der Waals surface area contributed by atoms with Gasteiger partial charge in [-0.3, -0.25) is 0 Å². The standard InChI is InChI=1S/C12H13ClN6O2/c1-3-4-21-11-9(13)5-8(6-10(11)20-2)7-15-19-12(14)16-17-18-19/h3,5-7H,1,4H2,2H3,(H2,14,16,18). The number of ether oxygens (including phenoxy) is 2. The largest absolute Gasteiger partial charge is 0.493 e. The van der Waals surface area contributed by atoms with Crippen LogP contribution in [-0.2, 0) is 0 Å². The third-order valence-electron chi connectivity index (χ3n) is 2.39. The lowest BCUT2D eigenvalue weighted by atomic mass is 10.2. The number of methoxy groups -OCH3 is 1. The van der Waals surface area contributed by atoms with Gasteiger partial charge in [-0.15, -0.1) is 0 Å². The number of halogens is 1. The molecular weight excluding hydrogens is 296 g/mol. The minimum absolute atomic E-state index is 0.0789. The molecule has 1 aromatic heterocycles. The van der Waals surface area contributed by atoms with Crippen LogP contribution < -0.4 is 15.2 Å². The van der Waals surface area contributed by atoms with Gasteiger partial charge in [0.2, 0.25) is 0 Å². The highest BCUT2D eigenvalue weighted by Crippen LogP contribution is 2.36. The predicted octanol–water partition coefficient (Wildman–Crippen LogP) is 1.36. The van der Waals surface area contributed by atoms with Gasteiger partial charge in [-0.1, -0.05) is 34.1 Å². The second-order valence-electron chi connectivity index (χ2n) is 3.80. The van der Waals surface area contributed by atoms with Gasteiger partial charge in [0.1, 0.15) is 6.61 Å². The highest BCUT2D eigenvalue weighted by Gasteiger charge is 2.11. The smallest absolute Gasteiger partial charge is 0.263 e. The monoisotopic (exact) mass is 308 g/mol. The molecule has 1 aromatic carbocycles. The van der Waals surface area contributed by atoms with Crippen molar-refractivity contribution in [1.82, 2.24) is 20.3 Å². The molecule has 0 fully saturated rings. The molecule has 110 valence electrons. The van der Waals surface area contributed by atoms with E-state index in [1.807, 2.05) is 0 Å². The molecule has 0 saturated heterocycles. The molecule has 8 nitrogen and oxygen atoms in total. The second-order valence-corrected chi connectivity index (χ2v) is 4.21. The SMILES string of the molecule is C=CCOc1c(Cl)cc(C=Nn2nnnc2N)cc1OC. The van der Waals surface area contributed by atoms with Crippen LogP contribution in [0.5, 0.6) is 11.5 Å². The van der Waals surface area contributed by atoms with E-state index in [0.717, 1.165) is 4.79 Å². The molecule has 0 radical (unpaired) electrons. The Hall–Kier alpha value is -2.61. The summed E-state index contributed by atoms with van der Waals surface area (Å²) >= 11 is 6.17. The maximum absolute atomic E-state index is 6.17. The van der Waals surface area contributed by atoms with Gasteiger partial charge in [-0.25, -0.2) is 0 Å². The minimum atomic E-state index is 0.0789. The van der Waals surface area contributed by atoms with Gasteiger partial charge in [0.15, 0.2) is 11.5 Å². The van der Waals surface area contributed by atoms with E-state index in [1.54, 1.807) is 18.2 Å². The second kappa shape index (κ2) is 6.71. The lowest BCUT2D eigenvalue weighted by molar-refractivity contribution is 0.326. The van der Waals surface area contributed by atoms with Crippen molar-refractivity contribution in [3.63, 3.8) is 0 Å². The van der Waals surface area contributed by atoms with E-state index >= 15 is 0 Å². The zero-order valence-corrected chi connectivity index (χ0v) is 12.0. The predicted molar refractivity (Wildman–Crippen MR) is 78.9 cm³/mol. The van der Waals surface area contributed by atoms with Crippen molar-refractivity contribution in [2.45, 2.75) is 0 Å². The average Bonchev–Trinajstić information content (AvgIpc) is 2.88. The first kappa shape index (κ1) is 14.8. The summed E-state index contributed by atoms with van der Waals surface area (Å²) in [6.07, 6.45) is 3.12. The van der Waals surface area contributed by atoms with Gasteiger partial charge in [0.05, 0.1) is 18.3 Å². The summed E-state index contributed by atoms with van der Waals surface area (Å²) in [5, 5.41) is 14.9. The molecule has 0 aliphatic heterocycles. The molecule has 0 unspecified atom stereocenters. The van der Waals surface area contributed by atoms with Crippen molar-refractivity contribution in [3.05, 3.63) is 35.4 Å². The maximum atomic E-state index is 6.17. The van der Waals surface area contributed by atoms with Gasteiger partial charge in [0, 0.05) is 5.56 Å². The van der Waals surface area contributed by atoms with Gasteiger partial charge in [0.25, 0.3) is 5.95 Å². The van der Waals surface area contributed by atoms with E-state index in [0.29, 0.717) is 28.7 Å². The number of nitrogens with zero attached hydrogens (tertiary/aromatic N) is 5. The van der Waals surface area contributed by atoms with E-state index < -0.39 is 0 Å². The van der Waals surface area contributed by atoms with E-state index in [-0.39, 0.29) is 5.95 Å². The Morgan fingerprint density at radius 3 is 2.95 bits per heavy atom. The summed E-state index contributed by atoms with van der Waals surface area (Å²) in [7, 11) is 1.52. The fourth-order valence-electron chi connectivity index (χ4n) is 1.49. The van der Waals surface area contributed by atoms with Crippen molar-refractivity contribution < 1.29 is 9.47 Å². The number of nitrogens with two attached hydrogens (primary N) is 1. The van der Waals surface area contributed by atoms with Crippen molar-refractivity contribution in [2.75, 3.05) is 19.5 Å². The van der Waals surface area contributed by atoms with Crippen LogP contribution in [-0.4, -0.2) is 40.2 Å². The van der Waals surface area contributed by atoms with Gasteiger partial charge >= 0.3 is 0 Å². The number of hydrogen-bond donors (Lipinski definition) is 1. The fraction of sp³-hybridized carbons (Fsp3) is 0.167. The number of tetrazole rings is 1. The van der Waals surface area contributed by atoms with Crippen molar-refractivity contribution in [3.8, 4) is 11.5 Å². The zero-order valence-electron chi connectivity index (χ0n) is 11.2. The molecule has 2 aromatic rings. The number of aromatic nitrogens is 4. The molecule has 0 aliphatic carbocycles. The summed E-state index contributed by atoms with van der Waals surface area (Å²) in [6.45, 7) is 3.91. The third-order valence-corrected chi connectivity index (χ3v) is 2.67. The summed E-state index contributed by atoms with van der Waals surface area (Å²) in [5.41, 5.74) is 6.18. The number of benzene rings is 1. The van der Waals surface area contributed by atoms with Gasteiger partial charge in [-0.05, 0) is 22.6 Å². The number of nitrogen functional groups attached to an aromatic ring is 1. The molecule has 9 heteroatoms. The van der Waals surface area contributed by atoms with E-state index in [9.17, 15) is 0 Å². The lowest BCUT2D eigenvalue weighted by Gasteiger charge is -2.11. The van der Waals surface area contributed by atoms with Crippen LogP contribution in [0.1, 0.15) is 5.56 Å². The molecule has 2 rings (SSSR count). The Morgan fingerprint density at radius 1 is 1.52 bits per heavy atom. The van der Waals surface area contributed by atoms with Crippen molar-refractivity contribution in [2.24, 2.45) is 5.10 Å². The van der Waals surface area contributed by atoms with E-state index in [1.165, 1.54) is 13.3 Å². The quantitative estimate of drug-likeness (QED) is 0.639. The highest BCUT2D eigenvalue weighted by atomic mass is 35.5. The lowest BCUT2D eigenvalue weighted by Crippen LogP contribution is -2.01. The first-order valence-corrected chi connectivity index (χ1v) is 6.23. The first-order valence-electron chi connectivity index (χ1n) is 5.85. The maximum Gasteiger partial charge on any atom is 0.263 e. The van der Waals surface area contributed by atoms with E-state index in [2.05, 4.69) is 27.2 Å². The Labute approximate surface area is 125 Å². The number of anilines is 1. The van der Waals surface area contributed by atoms with Crippen LogP contribution in [0.15, 0.2) is 29.9 Å². The first-order chi connectivity index (χ1) is 10.2. The zero-order chi connectivity index (χ0) is 15.2. The number of hydrogen-bond acceptors (Lipinski definition) is 7. The molecule has 2 N–H and O–H groups in total. The van der Waals surface area contributed by atoms with Crippen molar-refractivity contribution >= 4 is 23.8 Å². The minimum Gasteiger partial charge on any atom is -0.493 e. The van der Waals surface area contributed by atoms with Gasteiger partial charge < -0.3 is 15.2 Å². The van der Waals surface area contributed by atoms with Crippen LogP contribution in [0.4, 0.5) is 5.95 Å². The summed E-state index contributed by atoms with van der Waals surface area (Å²) in [5.74, 6) is 1.00. The van der Waals surface area contributed by atoms with Crippen LogP contribution in [0.25, 0.3) is 0 Å². The summed E-state index contributed by atoms with van der Waals surface area (Å²) in [4.78, 5) is 1.09. The molecule has 0 atom stereocenters. The fourth-order valence-corrected chi connectivity index (χ4v) is 1.76. The molecule has 1 heterocycles. The summed E-state index contributed by atoms with van der Waals surface area (Å²) < 4.78 is 10.7. The van der Waals surface area contributed by atoms with Gasteiger partial charge in [-0.2, -0.15) is 5.10 Å². The molecular formula is C12H13ClN6O2.